The molecule has 2 amide bonds. The first kappa shape index (κ1) is 16.1. The fourth-order valence-electron chi connectivity index (χ4n) is 2.82. The minimum absolute atomic E-state index is 0.110. The van der Waals surface area contributed by atoms with Crippen molar-refractivity contribution in [2.24, 2.45) is 0 Å². The van der Waals surface area contributed by atoms with E-state index in [9.17, 15) is 9.59 Å². The Labute approximate surface area is 139 Å². The van der Waals surface area contributed by atoms with Crippen LogP contribution in [0.25, 0.3) is 0 Å². The summed E-state index contributed by atoms with van der Waals surface area (Å²) in [4.78, 5) is 26.0. The molecule has 0 aliphatic carbocycles. The number of benzene rings is 1. The first-order chi connectivity index (χ1) is 11.7. The number of rotatable bonds is 6. The Kier molecular flexibility index (Phi) is 4.83. The lowest BCUT2D eigenvalue weighted by Gasteiger charge is -2.16. The van der Waals surface area contributed by atoms with Gasteiger partial charge in [0, 0.05) is 25.1 Å². The molecule has 2 heterocycles. The minimum Gasteiger partial charge on any atom is -0.347 e. The van der Waals surface area contributed by atoms with E-state index >= 15 is 0 Å². The van der Waals surface area contributed by atoms with Crippen LogP contribution in [0.3, 0.4) is 0 Å². The van der Waals surface area contributed by atoms with Gasteiger partial charge in [-0.05, 0) is 34.5 Å². The predicted octanol–water partition coefficient (Wildman–Crippen LogP) is 0.462. The number of nitrogens with zero attached hydrogens (tertiary/aromatic N) is 5. The van der Waals surface area contributed by atoms with Crippen molar-refractivity contribution in [3.05, 3.63) is 41.7 Å². The third kappa shape index (κ3) is 3.76. The summed E-state index contributed by atoms with van der Waals surface area (Å²) >= 11 is 0. The predicted molar refractivity (Wildman–Crippen MR) is 86.1 cm³/mol. The lowest BCUT2D eigenvalue weighted by molar-refractivity contribution is -0.127. The van der Waals surface area contributed by atoms with Crippen LogP contribution in [0.5, 0.6) is 0 Å². The first-order valence-electron chi connectivity index (χ1n) is 8.04. The summed E-state index contributed by atoms with van der Waals surface area (Å²) < 4.78 is 1.61. The number of nitrogens with one attached hydrogen (secondary N) is 1. The minimum atomic E-state index is -0.153. The standard InChI is InChI=1S/C16H20N6O2/c1-2-7-21-10-14(8-15(21)23)18-16(24)13-5-3-12(4-6-13)9-22-11-17-19-20-22/h3-6,11,14H,2,7-10H2,1H3,(H,18,24)/t14-/m1/s1. The number of carbonyl (C=O) groups is 2. The highest BCUT2D eigenvalue weighted by molar-refractivity contribution is 5.95. The molecule has 2 aromatic rings. The van der Waals surface area contributed by atoms with Crippen LogP contribution in [0.15, 0.2) is 30.6 Å². The average Bonchev–Trinajstić information content (AvgIpc) is 3.19. The van der Waals surface area contributed by atoms with Crippen LogP contribution in [-0.2, 0) is 11.3 Å². The molecule has 1 aliphatic heterocycles. The van der Waals surface area contributed by atoms with Gasteiger partial charge < -0.3 is 10.2 Å². The Morgan fingerprint density at radius 2 is 2.12 bits per heavy atom. The molecule has 0 bridgehead atoms. The molecule has 1 atom stereocenters. The summed E-state index contributed by atoms with van der Waals surface area (Å²) in [6, 6.07) is 7.18. The van der Waals surface area contributed by atoms with Gasteiger partial charge in [0.2, 0.25) is 5.91 Å². The molecule has 1 fully saturated rings. The molecule has 1 N–H and O–H groups in total. The molecule has 1 aromatic carbocycles. The highest BCUT2D eigenvalue weighted by Crippen LogP contribution is 2.13. The number of amides is 2. The van der Waals surface area contributed by atoms with Gasteiger partial charge in [0.25, 0.3) is 5.91 Å². The van der Waals surface area contributed by atoms with E-state index < -0.39 is 0 Å². The van der Waals surface area contributed by atoms with Crippen molar-refractivity contribution in [2.75, 3.05) is 13.1 Å². The molecule has 1 saturated heterocycles. The van der Waals surface area contributed by atoms with Gasteiger partial charge in [-0.15, -0.1) is 5.10 Å². The first-order valence-corrected chi connectivity index (χ1v) is 8.04. The average molecular weight is 328 g/mol. The molecule has 8 heteroatoms. The van der Waals surface area contributed by atoms with Gasteiger partial charge in [-0.25, -0.2) is 4.68 Å². The maximum atomic E-state index is 12.3. The topological polar surface area (TPSA) is 93.0 Å². The number of tetrazole rings is 1. The van der Waals surface area contributed by atoms with Crippen LogP contribution in [0, 0.1) is 0 Å². The highest BCUT2D eigenvalue weighted by atomic mass is 16.2. The fourth-order valence-corrected chi connectivity index (χ4v) is 2.82. The van der Waals surface area contributed by atoms with Gasteiger partial charge in [-0.2, -0.15) is 0 Å². The van der Waals surface area contributed by atoms with E-state index in [1.165, 1.54) is 0 Å². The maximum Gasteiger partial charge on any atom is 0.251 e. The summed E-state index contributed by atoms with van der Waals surface area (Å²) in [6.07, 6.45) is 2.85. The van der Waals surface area contributed by atoms with Crippen LogP contribution in [-0.4, -0.2) is 56.1 Å². The van der Waals surface area contributed by atoms with Crippen LogP contribution in [0.1, 0.15) is 35.7 Å². The molecule has 0 spiro atoms. The number of aromatic nitrogens is 4. The zero-order chi connectivity index (χ0) is 16.9. The normalized spacial score (nSPS) is 17.3. The summed E-state index contributed by atoms with van der Waals surface area (Å²) in [7, 11) is 0. The lowest BCUT2D eigenvalue weighted by Crippen LogP contribution is -2.37. The van der Waals surface area contributed by atoms with E-state index in [1.54, 1.807) is 28.0 Å². The van der Waals surface area contributed by atoms with Crippen LogP contribution < -0.4 is 5.32 Å². The monoisotopic (exact) mass is 328 g/mol. The van der Waals surface area contributed by atoms with Crippen molar-refractivity contribution in [3.8, 4) is 0 Å². The summed E-state index contributed by atoms with van der Waals surface area (Å²) in [5, 5.41) is 13.9. The van der Waals surface area contributed by atoms with Crippen molar-refractivity contribution in [1.82, 2.24) is 30.4 Å². The summed E-state index contributed by atoms with van der Waals surface area (Å²) in [5.74, 6) is -0.0425. The molecule has 3 rings (SSSR count). The molecule has 0 saturated carbocycles. The van der Waals surface area contributed by atoms with Gasteiger partial charge >= 0.3 is 0 Å². The van der Waals surface area contributed by atoms with Gasteiger partial charge in [0.05, 0.1) is 12.6 Å². The SMILES string of the molecule is CCCN1C[C@H](NC(=O)c2ccc(Cn3cnnn3)cc2)CC1=O. The third-order valence-electron chi connectivity index (χ3n) is 4.00. The van der Waals surface area contributed by atoms with E-state index in [-0.39, 0.29) is 17.9 Å². The van der Waals surface area contributed by atoms with Gasteiger partial charge in [0.15, 0.2) is 0 Å². The Morgan fingerprint density at radius 1 is 1.33 bits per heavy atom. The van der Waals surface area contributed by atoms with Gasteiger partial charge in [-0.1, -0.05) is 19.1 Å². The van der Waals surface area contributed by atoms with E-state index in [0.717, 1.165) is 18.5 Å². The number of hydrogen-bond acceptors (Lipinski definition) is 5. The smallest absolute Gasteiger partial charge is 0.251 e. The van der Waals surface area contributed by atoms with Crippen LogP contribution >= 0.6 is 0 Å². The van der Waals surface area contributed by atoms with Crippen molar-refractivity contribution in [2.45, 2.75) is 32.4 Å². The van der Waals surface area contributed by atoms with Crippen molar-refractivity contribution < 1.29 is 9.59 Å². The van der Waals surface area contributed by atoms with E-state index in [2.05, 4.69) is 20.8 Å². The molecule has 126 valence electrons. The molecule has 24 heavy (non-hydrogen) atoms. The number of hydrogen-bond donors (Lipinski definition) is 1. The molecule has 0 radical (unpaired) electrons. The number of likely N-dealkylation sites (tertiary alicyclic amines) is 1. The van der Waals surface area contributed by atoms with Crippen molar-refractivity contribution in [3.63, 3.8) is 0 Å². The molecular formula is C16H20N6O2. The van der Waals surface area contributed by atoms with Crippen molar-refractivity contribution >= 4 is 11.8 Å². The second kappa shape index (κ2) is 7.20. The largest absolute Gasteiger partial charge is 0.347 e. The molecular weight excluding hydrogens is 308 g/mol. The van der Waals surface area contributed by atoms with E-state index in [0.29, 0.717) is 25.1 Å². The van der Waals surface area contributed by atoms with E-state index in [4.69, 9.17) is 0 Å². The maximum absolute atomic E-state index is 12.3. The fraction of sp³-hybridized carbons (Fsp3) is 0.438. The Hall–Kier alpha value is -2.77. The van der Waals surface area contributed by atoms with Gasteiger partial charge in [-0.3, -0.25) is 9.59 Å². The third-order valence-corrected chi connectivity index (χ3v) is 4.00. The summed E-state index contributed by atoms with van der Waals surface area (Å²) in [5.41, 5.74) is 1.58. The van der Waals surface area contributed by atoms with Crippen molar-refractivity contribution in [1.29, 1.82) is 0 Å². The quantitative estimate of drug-likeness (QED) is 0.832. The summed E-state index contributed by atoms with van der Waals surface area (Å²) in [6.45, 7) is 3.93. The highest BCUT2D eigenvalue weighted by Gasteiger charge is 2.29. The Morgan fingerprint density at radius 3 is 2.79 bits per heavy atom. The molecule has 8 nitrogen and oxygen atoms in total. The Bertz CT molecular complexity index is 698. The number of carbonyl (C=O) groups excluding carboxylic acids is 2. The zero-order valence-electron chi connectivity index (χ0n) is 13.6. The zero-order valence-corrected chi connectivity index (χ0v) is 13.6. The van der Waals surface area contributed by atoms with Gasteiger partial charge in [0.1, 0.15) is 6.33 Å². The molecule has 0 unspecified atom stereocenters. The van der Waals surface area contributed by atoms with Crippen LogP contribution in [0.2, 0.25) is 0 Å². The lowest BCUT2D eigenvalue weighted by atomic mass is 10.1. The van der Waals surface area contributed by atoms with E-state index in [1.807, 2.05) is 19.1 Å². The van der Waals surface area contributed by atoms with Crippen LogP contribution in [0.4, 0.5) is 0 Å². The second-order valence-corrected chi connectivity index (χ2v) is 5.92. The Balaban J connectivity index is 1.56. The second-order valence-electron chi connectivity index (χ2n) is 5.92. The molecule has 1 aliphatic rings. The molecule has 1 aromatic heterocycles.